The van der Waals surface area contributed by atoms with Crippen molar-refractivity contribution in [1.29, 1.82) is 0 Å². The van der Waals surface area contributed by atoms with E-state index in [2.05, 4.69) is 17.6 Å². The maximum absolute atomic E-state index is 11.5. The van der Waals surface area contributed by atoms with Gasteiger partial charge < -0.3 is 20.1 Å². The van der Waals surface area contributed by atoms with Crippen molar-refractivity contribution in [3.8, 4) is 0 Å². The Bertz CT molecular complexity index is 283. The zero-order chi connectivity index (χ0) is 14.5. The molecule has 1 amide bonds. The summed E-state index contributed by atoms with van der Waals surface area (Å²) in [7, 11) is 0. The molecular weight excluding hydrogens is 244 g/mol. The molecule has 0 saturated carbocycles. The topological polar surface area (TPSA) is 59.6 Å². The number of ether oxygens (including phenoxy) is 2. The lowest BCUT2D eigenvalue weighted by molar-refractivity contribution is 0.0517. The zero-order valence-electron chi connectivity index (χ0n) is 12.8. The van der Waals surface area contributed by atoms with Crippen molar-refractivity contribution in [2.75, 3.05) is 13.2 Å². The molecule has 112 valence electrons. The van der Waals surface area contributed by atoms with Crippen LogP contribution in [0.3, 0.4) is 0 Å². The van der Waals surface area contributed by atoms with E-state index in [1.54, 1.807) is 0 Å². The van der Waals surface area contributed by atoms with Crippen molar-refractivity contribution in [2.24, 2.45) is 0 Å². The second-order valence-electron chi connectivity index (χ2n) is 6.29. The van der Waals surface area contributed by atoms with Crippen LogP contribution in [0.25, 0.3) is 0 Å². The molecule has 1 fully saturated rings. The van der Waals surface area contributed by atoms with Gasteiger partial charge >= 0.3 is 6.09 Å². The molecule has 0 aliphatic carbocycles. The Morgan fingerprint density at radius 1 is 1.42 bits per heavy atom. The average molecular weight is 272 g/mol. The number of amides is 1. The molecule has 0 radical (unpaired) electrons. The van der Waals surface area contributed by atoms with E-state index < -0.39 is 5.60 Å². The first-order valence-corrected chi connectivity index (χ1v) is 7.12. The Morgan fingerprint density at radius 3 is 2.63 bits per heavy atom. The van der Waals surface area contributed by atoms with Gasteiger partial charge in [-0.15, -0.1) is 0 Å². The van der Waals surface area contributed by atoms with Crippen LogP contribution in [-0.4, -0.2) is 43.0 Å². The van der Waals surface area contributed by atoms with Gasteiger partial charge in [0.2, 0.25) is 0 Å². The highest BCUT2D eigenvalue weighted by molar-refractivity contribution is 5.67. The summed E-state index contributed by atoms with van der Waals surface area (Å²) in [6.07, 6.45) is 2.18. The molecule has 5 heteroatoms. The van der Waals surface area contributed by atoms with Crippen LogP contribution in [0.4, 0.5) is 4.79 Å². The fraction of sp³-hybridized carbons (Fsp3) is 0.929. The van der Waals surface area contributed by atoms with Crippen molar-refractivity contribution in [1.82, 2.24) is 10.6 Å². The van der Waals surface area contributed by atoms with E-state index in [0.717, 1.165) is 19.4 Å². The number of carbonyl (C=O) groups excluding carboxylic acids is 1. The lowest BCUT2D eigenvalue weighted by atomic mass is 10.1. The molecule has 1 aliphatic heterocycles. The molecule has 0 bridgehead atoms. The Kier molecular flexibility index (Phi) is 6.07. The lowest BCUT2D eigenvalue weighted by Gasteiger charge is -2.25. The first-order valence-electron chi connectivity index (χ1n) is 7.12. The SMILES string of the molecule is CC(CNC(=O)OC(C)(C)C)NC(C)C1CCCO1. The van der Waals surface area contributed by atoms with Crippen LogP contribution in [0.5, 0.6) is 0 Å². The number of carbonyl (C=O) groups is 1. The zero-order valence-corrected chi connectivity index (χ0v) is 12.8. The van der Waals surface area contributed by atoms with Gasteiger partial charge in [-0.25, -0.2) is 4.79 Å². The molecule has 2 N–H and O–H groups in total. The Morgan fingerprint density at radius 2 is 2.11 bits per heavy atom. The average Bonchev–Trinajstić information content (AvgIpc) is 2.77. The van der Waals surface area contributed by atoms with Gasteiger partial charge in [-0.3, -0.25) is 0 Å². The summed E-state index contributed by atoms with van der Waals surface area (Å²) in [4.78, 5) is 11.5. The summed E-state index contributed by atoms with van der Waals surface area (Å²) in [6, 6.07) is 0.490. The molecule has 0 aromatic rings. The molecule has 0 aromatic heterocycles. The molecule has 5 nitrogen and oxygen atoms in total. The normalized spacial score (nSPS) is 22.9. The predicted molar refractivity (Wildman–Crippen MR) is 75.3 cm³/mol. The third-order valence-electron chi connectivity index (χ3n) is 3.02. The molecular formula is C14H28N2O3. The Labute approximate surface area is 116 Å². The second kappa shape index (κ2) is 7.10. The number of hydrogen-bond acceptors (Lipinski definition) is 4. The standard InChI is InChI=1S/C14H28N2O3/c1-10(9-15-13(17)19-14(3,4)5)16-11(2)12-7-6-8-18-12/h10-12,16H,6-9H2,1-5H3,(H,15,17). The van der Waals surface area contributed by atoms with Crippen LogP contribution in [0.2, 0.25) is 0 Å². The minimum Gasteiger partial charge on any atom is -0.444 e. The van der Waals surface area contributed by atoms with Crippen molar-refractivity contribution in [3.05, 3.63) is 0 Å². The molecule has 3 unspecified atom stereocenters. The quantitative estimate of drug-likeness (QED) is 0.804. The van der Waals surface area contributed by atoms with Gasteiger partial charge in [0.1, 0.15) is 5.60 Å². The van der Waals surface area contributed by atoms with Gasteiger partial charge in [-0.05, 0) is 47.5 Å². The number of rotatable bonds is 5. The number of nitrogens with one attached hydrogen (secondary N) is 2. The maximum atomic E-state index is 11.5. The number of hydrogen-bond donors (Lipinski definition) is 2. The highest BCUT2D eigenvalue weighted by Crippen LogP contribution is 2.15. The summed E-state index contributed by atoms with van der Waals surface area (Å²) in [5.74, 6) is 0. The van der Waals surface area contributed by atoms with Crippen LogP contribution in [0.1, 0.15) is 47.5 Å². The van der Waals surface area contributed by atoms with Crippen LogP contribution in [0, 0.1) is 0 Å². The number of alkyl carbamates (subject to hydrolysis) is 1. The molecule has 0 aromatic carbocycles. The largest absolute Gasteiger partial charge is 0.444 e. The Hall–Kier alpha value is -0.810. The monoisotopic (exact) mass is 272 g/mol. The summed E-state index contributed by atoms with van der Waals surface area (Å²) in [6.45, 7) is 11.1. The third kappa shape index (κ3) is 6.78. The van der Waals surface area contributed by atoms with Gasteiger partial charge in [0.25, 0.3) is 0 Å². The lowest BCUT2D eigenvalue weighted by Crippen LogP contribution is -2.47. The van der Waals surface area contributed by atoms with Crippen LogP contribution >= 0.6 is 0 Å². The van der Waals surface area contributed by atoms with Gasteiger partial charge in [0.05, 0.1) is 6.10 Å². The second-order valence-corrected chi connectivity index (χ2v) is 6.29. The smallest absolute Gasteiger partial charge is 0.407 e. The van der Waals surface area contributed by atoms with Gasteiger partial charge in [-0.1, -0.05) is 0 Å². The molecule has 1 rings (SSSR count). The third-order valence-corrected chi connectivity index (χ3v) is 3.02. The summed E-state index contributed by atoms with van der Waals surface area (Å²) in [5, 5.41) is 6.22. The predicted octanol–water partition coefficient (Wildman–Crippen LogP) is 2.06. The van der Waals surface area contributed by atoms with E-state index in [0.29, 0.717) is 18.7 Å². The van der Waals surface area contributed by atoms with E-state index in [9.17, 15) is 4.79 Å². The fourth-order valence-corrected chi connectivity index (χ4v) is 2.16. The molecule has 19 heavy (non-hydrogen) atoms. The van der Waals surface area contributed by atoms with Crippen molar-refractivity contribution < 1.29 is 14.3 Å². The summed E-state index contributed by atoms with van der Waals surface area (Å²) in [5.41, 5.74) is -0.453. The molecule has 1 heterocycles. The van der Waals surface area contributed by atoms with Crippen molar-refractivity contribution >= 4 is 6.09 Å². The van der Waals surface area contributed by atoms with Gasteiger partial charge in [0, 0.05) is 25.2 Å². The van der Waals surface area contributed by atoms with E-state index in [1.807, 2.05) is 27.7 Å². The van der Waals surface area contributed by atoms with E-state index in [4.69, 9.17) is 9.47 Å². The van der Waals surface area contributed by atoms with Crippen LogP contribution in [-0.2, 0) is 9.47 Å². The fourth-order valence-electron chi connectivity index (χ4n) is 2.16. The van der Waals surface area contributed by atoms with Gasteiger partial charge in [-0.2, -0.15) is 0 Å². The van der Waals surface area contributed by atoms with E-state index in [1.165, 1.54) is 0 Å². The van der Waals surface area contributed by atoms with Crippen LogP contribution in [0.15, 0.2) is 0 Å². The van der Waals surface area contributed by atoms with Crippen LogP contribution < -0.4 is 10.6 Å². The van der Waals surface area contributed by atoms with E-state index in [-0.39, 0.29) is 12.1 Å². The Balaban J connectivity index is 2.20. The maximum Gasteiger partial charge on any atom is 0.407 e. The first-order chi connectivity index (χ1) is 8.78. The molecule has 1 saturated heterocycles. The minimum atomic E-state index is -0.453. The van der Waals surface area contributed by atoms with E-state index >= 15 is 0 Å². The highest BCUT2D eigenvalue weighted by atomic mass is 16.6. The molecule has 1 aliphatic rings. The molecule has 0 spiro atoms. The summed E-state index contributed by atoms with van der Waals surface area (Å²) >= 11 is 0. The van der Waals surface area contributed by atoms with Crippen molar-refractivity contribution in [3.63, 3.8) is 0 Å². The summed E-state index contributed by atoms with van der Waals surface area (Å²) < 4.78 is 10.8. The van der Waals surface area contributed by atoms with Crippen molar-refractivity contribution in [2.45, 2.75) is 71.2 Å². The highest BCUT2D eigenvalue weighted by Gasteiger charge is 2.23. The molecule has 3 atom stereocenters. The minimum absolute atomic E-state index is 0.187. The van der Waals surface area contributed by atoms with Gasteiger partial charge in [0.15, 0.2) is 0 Å². The first kappa shape index (κ1) is 16.2.